The van der Waals surface area contributed by atoms with E-state index in [1.54, 1.807) is 6.20 Å². The first-order chi connectivity index (χ1) is 9.66. The summed E-state index contributed by atoms with van der Waals surface area (Å²) in [6.45, 7) is 5.05. The molecule has 20 heavy (non-hydrogen) atoms. The van der Waals surface area contributed by atoms with Gasteiger partial charge in [0.05, 0.1) is 17.2 Å². The Morgan fingerprint density at radius 3 is 3.00 bits per heavy atom. The summed E-state index contributed by atoms with van der Waals surface area (Å²) in [5.74, 6) is 0.425. The van der Waals surface area contributed by atoms with Gasteiger partial charge < -0.3 is 10.6 Å². The van der Waals surface area contributed by atoms with Crippen LogP contribution in [0.1, 0.15) is 18.9 Å². The number of carbonyl (C=O) groups excluding carboxylic acids is 1. The summed E-state index contributed by atoms with van der Waals surface area (Å²) >= 11 is 0. The average molecular weight is 269 g/mol. The maximum Gasteiger partial charge on any atom is 0.241 e. The van der Waals surface area contributed by atoms with Gasteiger partial charge in [-0.1, -0.05) is 13.0 Å². The van der Waals surface area contributed by atoms with Crippen LogP contribution in [0.2, 0.25) is 0 Å². The zero-order valence-corrected chi connectivity index (χ0v) is 11.8. The minimum atomic E-state index is -0.0944. The number of aryl methyl sites for hydroxylation is 1. The minimum absolute atomic E-state index is 0.0454. The number of carbonyl (C=O) groups is 1. The highest BCUT2D eigenvalue weighted by Crippen LogP contribution is 2.25. The predicted molar refractivity (Wildman–Crippen MR) is 80.7 cm³/mol. The summed E-state index contributed by atoms with van der Waals surface area (Å²) in [5.41, 5.74) is 2.90. The van der Waals surface area contributed by atoms with E-state index in [4.69, 9.17) is 0 Å². The molecule has 0 saturated carbocycles. The van der Waals surface area contributed by atoms with Crippen LogP contribution >= 0.6 is 0 Å². The SMILES string of the molecule is Cc1ccc(NC(=O)C2NCCC2C)c2cccnc12. The third-order valence-electron chi connectivity index (χ3n) is 4.04. The second-order valence-electron chi connectivity index (χ2n) is 5.52. The smallest absolute Gasteiger partial charge is 0.241 e. The molecule has 2 atom stereocenters. The molecule has 1 aromatic heterocycles. The van der Waals surface area contributed by atoms with Crippen LogP contribution in [-0.4, -0.2) is 23.5 Å². The fourth-order valence-electron chi connectivity index (χ4n) is 2.82. The Bertz CT molecular complexity index is 653. The van der Waals surface area contributed by atoms with Gasteiger partial charge in [0.25, 0.3) is 0 Å². The van der Waals surface area contributed by atoms with Crippen molar-refractivity contribution in [1.82, 2.24) is 10.3 Å². The number of aromatic nitrogens is 1. The number of hydrogen-bond donors (Lipinski definition) is 2. The van der Waals surface area contributed by atoms with Crippen molar-refractivity contribution in [3.05, 3.63) is 36.0 Å². The first-order valence-corrected chi connectivity index (χ1v) is 7.05. The van der Waals surface area contributed by atoms with E-state index in [1.165, 1.54) is 0 Å². The Labute approximate surface area is 118 Å². The third-order valence-corrected chi connectivity index (χ3v) is 4.04. The van der Waals surface area contributed by atoms with Gasteiger partial charge in [0, 0.05) is 11.6 Å². The van der Waals surface area contributed by atoms with Crippen molar-refractivity contribution in [2.45, 2.75) is 26.3 Å². The minimum Gasteiger partial charge on any atom is -0.324 e. The molecule has 4 nitrogen and oxygen atoms in total. The molecule has 1 amide bonds. The zero-order valence-electron chi connectivity index (χ0n) is 11.8. The molecular formula is C16H19N3O. The molecule has 0 spiro atoms. The number of nitrogens with zero attached hydrogens (tertiary/aromatic N) is 1. The Balaban J connectivity index is 1.91. The average Bonchev–Trinajstić information content (AvgIpc) is 2.88. The van der Waals surface area contributed by atoms with Crippen LogP contribution in [0, 0.1) is 12.8 Å². The quantitative estimate of drug-likeness (QED) is 0.880. The highest BCUT2D eigenvalue weighted by Gasteiger charge is 2.29. The van der Waals surface area contributed by atoms with E-state index in [-0.39, 0.29) is 11.9 Å². The Morgan fingerprint density at radius 2 is 2.25 bits per heavy atom. The molecule has 0 radical (unpaired) electrons. The molecule has 2 unspecified atom stereocenters. The molecule has 0 bridgehead atoms. The topological polar surface area (TPSA) is 54.0 Å². The van der Waals surface area contributed by atoms with Crippen LogP contribution in [-0.2, 0) is 4.79 Å². The van der Waals surface area contributed by atoms with Crippen LogP contribution in [0.15, 0.2) is 30.5 Å². The van der Waals surface area contributed by atoms with Crippen LogP contribution in [0.4, 0.5) is 5.69 Å². The number of anilines is 1. The van der Waals surface area contributed by atoms with Gasteiger partial charge in [-0.05, 0) is 49.6 Å². The van der Waals surface area contributed by atoms with Crippen LogP contribution in [0.3, 0.4) is 0 Å². The fraction of sp³-hybridized carbons (Fsp3) is 0.375. The van der Waals surface area contributed by atoms with Gasteiger partial charge in [0.2, 0.25) is 5.91 Å². The molecule has 1 aromatic carbocycles. The van der Waals surface area contributed by atoms with Crippen molar-refractivity contribution >= 4 is 22.5 Å². The maximum atomic E-state index is 12.4. The monoisotopic (exact) mass is 269 g/mol. The van der Waals surface area contributed by atoms with Gasteiger partial charge in [-0.3, -0.25) is 9.78 Å². The molecule has 2 N–H and O–H groups in total. The fourth-order valence-corrected chi connectivity index (χ4v) is 2.82. The highest BCUT2D eigenvalue weighted by atomic mass is 16.2. The summed E-state index contributed by atoms with van der Waals surface area (Å²) in [4.78, 5) is 16.8. The molecule has 1 aliphatic rings. The first-order valence-electron chi connectivity index (χ1n) is 7.05. The van der Waals surface area contributed by atoms with Gasteiger partial charge in [-0.2, -0.15) is 0 Å². The van der Waals surface area contributed by atoms with Crippen molar-refractivity contribution in [3.63, 3.8) is 0 Å². The largest absolute Gasteiger partial charge is 0.324 e. The van der Waals surface area contributed by atoms with Crippen LogP contribution in [0.5, 0.6) is 0 Å². The molecule has 2 aromatic rings. The van der Waals surface area contributed by atoms with Crippen LogP contribution < -0.4 is 10.6 Å². The standard InChI is InChI=1S/C16H19N3O/c1-10-5-6-13(12-4-3-8-17-14(10)12)19-16(20)15-11(2)7-9-18-15/h3-6,8,11,15,18H,7,9H2,1-2H3,(H,19,20). The number of hydrogen-bond acceptors (Lipinski definition) is 3. The third kappa shape index (κ3) is 2.27. The molecule has 1 fully saturated rings. The van der Waals surface area contributed by atoms with E-state index in [1.807, 2.05) is 31.2 Å². The van der Waals surface area contributed by atoms with Gasteiger partial charge in [0.15, 0.2) is 0 Å². The molecule has 4 heteroatoms. The van der Waals surface area contributed by atoms with E-state index >= 15 is 0 Å². The maximum absolute atomic E-state index is 12.4. The molecule has 0 aliphatic carbocycles. The van der Waals surface area contributed by atoms with E-state index in [0.717, 1.165) is 35.1 Å². The van der Waals surface area contributed by atoms with E-state index in [9.17, 15) is 4.79 Å². The molecule has 3 rings (SSSR count). The molecule has 104 valence electrons. The summed E-state index contributed by atoms with van der Waals surface area (Å²) in [6, 6.07) is 7.75. The van der Waals surface area contributed by atoms with Gasteiger partial charge >= 0.3 is 0 Å². The summed E-state index contributed by atoms with van der Waals surface area (Å²) in [5, 5.41) is 7.29. The number of pyridine rings is 1. The number of nitrogens with one attached hydrogen (secondary N) is 2. The van der Waals surface area contributed by atoms with Crippen molar-refractivity contribution in [2.24, 2.45) is 5.92 Å². The van der Waals surface area contributed by atoms with Crippen molar-refractivity contribution in [3.8, 4) is 0 Å². The number of fused-ring (bicyclic) bond motifs is 1. The van der Waals surface area contributed by atoms with E-state index < -0.39 is 0 Å². The lowest BCUT2D eigenvalue weighted by Gasteiger charge is -2.16. The van der Waals surface area contributed by atoms with Crippen molar-refractivity contribution < 1.29 is 4.79 Å². The first kappa shape index (κ1) is 13.1. The van der Waals surface area contributed by atoms with Gasteiger partial charge in [0.1, 0.15) is 0 Å². The highest BCUT2D eigenvalue weighted by molar-refractivity contribution is 6.03. The number of rotatable bonds is 2. The van der Waals surface area contributed by atoms with Crippen LogP contribution in [0.25, 0.3) is 10.9 Å². The Kier molecular flexibility index (Phi) is 3.40. The summed E-state index contributed by atoms with van der Waals surface area (Å²) < 4.78 is 0. The summed E-state index contributed by atoms with van der Waals surface area (Å²) in [7, 11) is 0. The van der Waals surface area contributed by atoms with Gasteiger partial charge in [-0.15, -0.1) is 0 Å². The van der Waals surface area contributed by atoms with E-state index in [2.05, 4.69) is 22.5 Å². The molecule has 1 saturated heterocycles. The summed E-state index contributed by atoms with van der Waals surface area (Å²) in [6.07, 6.45) is 2.83. The lowest BCUT2D eigenvalue weighted by atomic mass is 10.0. The number of benzene rings is 1. The Morgan fingerprint density at radius 1 is 1.40 bits per heavy atom. The lowest BCUT2D eigenvalue weighted by Crippen LogP contribution is -2.39. The van der Waals surface area contributed by atoms with Gasteiger partial charge in [-0.25, -0.2) is 0 Å². The lowest BCUT2D eigenvalue weighted by molar-refractivity contribution is -0.118. The predicted octanol–water partition coefficient (Wildman–Crippen LogP) is 2.48. The molecule has 1 aliphatic heterocycles. The van der Waals surface area contributed by atoms with E-state index in [0.29, 0.717) is 5.92 Å². The molecule has 2 heterocycles. The zero-order chi connectivity index (χ0) is 14.1. The number of amides is 1. The Hall–Kier alpha value is -1.94. The van der Waals surface area contributed by atoms with Crippen molar-refractivity contribution in [2.75, 3.05) is 11.9 Å². The second-order valence-corrected chi connectivity index (χ2v) is 5.52. The second kappa shape index (κ2) is 5.21. The molecular weight excluding hydrogens is 250 g/mol. The van der Waals surface area contributed by atoms with Crippen molar-refractivity contribution in [1.29, 1.82) is 0 Å². The normalized spacial score (nSPS) is 22.1.